The molecule has 20 heteroatoms. The second kappa shape index (κ2) is 32.7. The molecule has 0 atom stereocenters. The molecule has 0 aliphatic heterocycles. The Morgan fingerprint density at radius 1 is 0.477 bits per heavy atom. The zero-order valence-corrected chi connectivity index (χ0v) is 24.9. The predicted octanol–water partition coefficient (Wildman–Crippen LogP) is -8.58. The number of aromatic nitrogens is 3. The van der Waals surface area contributed by atoms with Crippen molar-refractivity contribution in [3.8, 4) is 0 Å². The van der Waals surface area contributed by atoms with Gasteiger partial charge in [-0.05, 0) is 18.2 Å². The summed E-state index contributed by atoms with van der Waals surface area (Å²) in [4.78, 5) is 68.3. The number of carbonyl (C=O) groups is 6. The first-order chi connectivity index (χ1) is 19.7. The van der Waals surface area contributed by atoms with E-state index in [1.165, 1.54) is 55.4 Å². The van der Waals surface area contributed by atoms with Gasteiger partial charge in [0.25, 0.3) is 0 Å². The number of carbonyl (C=O) groups excluding carboxylic acids is 6. The third-order valence-electron chi connectivity index (χ3n) is 3.19. The van der Waals surface area contributed by atoms with Crippen molar-refractivity contribution in [2.45, 2.75) is 0 Å². The van der Waals surface area contributed by atoms with Crippen molar-refractivity contribution in [1.29, 1.82) is 0 Å². The minimum atomic E-state index is -1.22. The van der Waals surface area contributed by atoms with Gasteiger partial charge in [-0.25, -0.2) is 0 Å². The average molecular weight is 692 g/mol. The van der Waals surface area contributed by atoms with E-state index < -0.39 is 35.8 Å². The minimum absolute atomic E-state index is 0. The summed E-state index contributed by atoms with van der Waals surface area (Å²) in [5.41, 5.74) is 13.9. The molecule has 2 radical (unpaired) electrons. The molecule has 0 saturated carbocycles. The third kappa shape index (κ3) is 35.2. The first-order valence-corrected chi connectivity index (χ1v) is 10.8. The summed E-state index contributed by atoms with van der Waals surface area (Å²) in [6.45, 7) is -1.17. The maximum Gasteiger partial charge on any atom is 3.00 e. The number of nitrogens with two attached hydrogens (primary N) is 3. The molecule has 0 aliphatic carbocycles. The number of carboxylic acids is 6. The molecule has 0 aliphatic rings. The van der Waals surface area contributed by atoms with Gasteiger partial charge in [-0.1, -0.05) is 18.2 Å². The van der Waals surface area contributed by atoms with Gasteiger partial charge in [0.2, 0.25) is 0 Å². The van der Waals surface area contributed by atoms with Crippen molar-refractivity contribution in [2.75, 3.05) is 19.6 Å². The van der Waals surface area contributed by atoms with Crippen LogP contribution in [0.15, 0.2) is 73.6 Å². The fraction of sp³-hybridized carbons (Fsp3) is 0.125. The van der Waals surface area contributed by atoms with Gasteiger partial charge in [0, 0.05) is 73.5 Å². The number of aromatic carboxylic acids is 3. The summed E-state index contributed by atoms with van der Waals surface area (Å²) in [7, 11) is 0. The molecule has 0 bridgehead atoms. The van der Waals surface area contributed by atoms with Crippen molar-refractivity contribution in [2.24, 2.45) is 17.2 Å². The van der Waals surface area contributed by atoms with Gasteiger partial charge in [0.15, 0.2) is 0 Å². The molecule has 3 aromatic heterocycles. The number of carboxylic acid groups (broad SMARTS) is 6. The monoisotopic (exact) mass is 692 g/mol. The Morgan fingerprint density at radius 2 is 0.659 bits per heavy atom. The summed E-state index contributed by atoms with van der Waals surface area (Å²) in [6.07, 6.45) is 8.26. The average Bonchev–Trinajstić information content (AvgIpc) is 3.00. The van der Waals surface area contributed by atoms with E-state index in [0.29, 0.717) is 0 Å². The van der Waals surface area contributed by atoms with Crippen LogP contribution in [0.25, 0.3) is 0 Å². The molecule has 0 unspecified atom stereocenters. The van der Waals surface area contributed by atoms with Crippen LogP contribution < -0.4 is 47.8 Å². The minimum Gasteiger partial charge on any atom is -0.549 e. The summed E-state index contributed by atoms with van der Waals surface area (Å²) in [6, 6.07) is 8.94. The van der Waals surface area contributed by atoms with Crippen molar-refractivity contribution in [3.63, 3.8) is 0 Å². The number of rotatable bonds is 6. The summed E-state index contributed by atoms with van der Waals surface area (Å²) < 4.78 is 0. The summed E-state index contributed by atoms with van der Waals surface area (Å²) in [5.74, 6) is -7.23. The molecule has 6 N–H and O–H groups in total. The number of pyridine rings is 3. The van der Waals surface area contributed by atoms with Crippen LogP contribution in [0.2, 0.25) is 0 Å². The van der Waals surface area contributed by atoms with E-state index in [2.05, 4.69) is 32.2 Å². The molecule has 234 valence electrons. The van der Waals surface area contributed by atoms with E-state index in [9.17, 15) is 29.7 Å². The molecule has 3 rings (SSSR count). The van der Waals surface area contributed by atoms with Crippen molar-refractivity contribution in [1.82, 2.24) is 15.0 Å². The summed E-state index contributed by atoms with van der Waals surface area (Å²) in [5, 5.41) is 57.5. The SMILES string of the molecule is NCC(=O)[O-].NCC(=O)[O-].NCC(=O)[O-].O=C([O-])c1cccnc1.O=C([O-])c1cccnc1.O=C([O-])c1cccnc1.[Cr+3].[Cr+3]. The van der Waals surface area contributed by atoms with Gasteiger partial charge in [0.05, 0.1) is 35.8 Å². The van der Waals surface area contributed by atoms with Crippen LogP contribution in [0.3, 0.4) is 0 Å². The number of hydrogen-bond donors (Lipinski definition) is 3. The Bertz CT molecular complexity index is 1060. The zero-order chi connectivity index (χ0) is 32.9. The Labute approximate surface area is 271 Å². The first kappa shape index (κ1) is 48.9. The molecule has 0 saturated heterocycles. The smallest absolute Gasteiger partial charge is 0.549 e. The van der Waals surface area contributed by atoms with Gasteiger partial charge in [-0.2, -0.15) is 0 Å². The largest absolute Gasteiger partial charge is 3.00 e. The predicted molar refractivity (Wildman–Crippen MR) is 128 cm³/mol. The first-order valence-electron chi connectivity index (χ1n) is 10.8. The van der Waals surface area contributed by atoms with Gasteiger partial charge < -0.3 is 76.6 Å². The number of nitrogens with zero attached hydrogens (tertiary/aromatic N) is 3. The van der Waals surface area contributed by atoms with Gasteiger partial charge in [0.1, 0.15) is 0 Å². The molecule has 0 spiro atoms. The van der Waals surface area contributed by atoms with E-state index >= 15 is 0 Å². The molecule has 3 aromatic rings. The van der Waals surface area contributed by atoms with Crippen molar-refractivity contribution >= 4 is 35.8 Å². The standard InChI is InChI=1S/3C6H5NO2.3C2H5NO2.2Cr/c3*8-6(9)5-2-1-3-7-4-5;3*3-1-2(4)5;;/h3*1-4H,(H,8,9);3*1,3H2,(H,4,5);;/q;;;;;;2*+3/p-6. The fourth-order valence-electron chi connectivity index (χ4n) is 1.45. The van der Waals surface area contributed by atoms with Crippen LogP contribution in [-0.4, -0.2) is 70.4 Å². The Hall–Kier alpha value is -4.79. The van der Waals surface area contributed by atoms with Crippen LogP contribution in [0, 0.1) is 0 Å². The third-order valence-corrected chi connectivity index (χ3v) is 3.19. The van der Waals surface area contributed by atoms with Crippen LogP contribution in [-0.2, 0) is 49.1 Å². The maximum absolute atomic E-state index is 10.0. The normalized spacial score (nSPS) is 7.98. The number of hydrogen-bond acceptors (Lipinski definition) is 18. The van der Waals surface area contributed by atoms with E-state index in [1.807, 2.05) is 0 Å². The molecular weight excluding hydrogens is 668 g/mol. The Morgan fingerprint density at radius 3 is 0.727 bits per heavy atom. The zero-order valence-electron chi connectivity index (χ0n) is 22.3. The Kier molecular flexibility index (Phi) is 36.4. The molecule has 0 fully saturated rings. The van der Waals surface area contributed by atoms with Crippen molar-refractivity contribution < 1.29 is 94.1 Å². The molecular formula is C24H24Cr2N6O12. The van der Waals surface area contributed by atoms with Gasteiger partial charge in [-0.15, -0.1) is 0 Å². The second-order valence-corrected chi connectivity index (χ2v) is 6.32. The molecule has 0 aromatic carbocycles. The molecule has 0 amide bonds. The topological polar surface area (TPSA) is 358 Å². The van der Waals surface area contributed by atoms with E-state index in [-0.39, 0.29) is 71.0 Å². The maximum atomic E-state index is 10.0. The van der Waals surface area contributed by atoms with Crippen LogP contribution in [0.1, 0.15) is 31.1 Å². The molecule has 18 nitrogen and oxygen atoms in total. The number of aliphatic carboxylic acids is 3. The van der Waals surface area contributed by atoms with E-state index in [0.717, 1.165) is 0 Å². The molecule has 3 heterocycles. The second-order valence-electron chi connectivity index (χ2n) is 6.32. The van der Waals surface area contributed by atoms with Crippen LogP contribution in [0.5, 0.6) is 0 Å². The molecule has 44 heavy (non-hydrogen) atoms. The fourth-order valence-corrected chi connectivity index (χ4v) is 1.45. The van der Waals surface area contributed by atoms with Gasteiger partial charge in [-0.3, -0.25) is 15.0 Å². The quantitative estimate of drug-likeness (QED) is 0.216. The van der Waals surface area contributed by atoms with E-state index in [4.69, 9.17) is 29.7 Å². The van der Waals surface area contributed by atoms with E-state index in [1.54, 1.807) is 18.2 Å². The van der Waals surface area contributed by atoms with Crippen LogP contribution >= 0.6 is 0 Å². The van der Waals surface area contributed by atoms with Gasteiger partial charge >= 0.3 is 34.7 Å². The van der Waals surface area contributed by atoms with Crippen molar-refractivity contribution in [3.05, 3.63) is 90.3 Å². The Balaban J connectivity index is -0.000000140. The summed E-state index contributed by atoms with van der Waals surface area (Å²) >= 11 is 0. The van der Waals surface area contributed by atoms with Crippen LogP contribution in [0.4, 0.5) is 0 Å².